The van der Waals surface area contributed by atoms with Crippen LogP contribution in [0, 0.1) is 0 Å². The first-order valence-corrected chi connectivity index (χ1v) is 6.97. The van der Waals surface area contributed by atoms with Crippen LogP contribution in [-0.2, 0) is 24.0 Å². The van der Waals surface area contributed by atoms with Crippen molar-refractivity contribution in [1.82, 2.24) is 5.06 Å². The first-order valence-electron chi connectivity index (χ1n) is 6.97. The van der Waals surface area contributed by atoms with Crippen LogP contribution in [0.4, 0.5) is 0 Å². The second kappa shape index (κ2) is 7.77. The van der Waals surface area contributed by atoms with E-state index in [-0.39, 0.29) is 32.3 Å². The van der Waals surface area contributed by atoms with Crippen LogP contribution in [0.1, 0.15) is 46.5 Å². The highest BCUT2D eigenvalue weighted by Crippen LogP contribution is 2.15. The molecule has 9 nitrogen and oxygen atoms in total. The van der Waals surface area contributed by atoms with Gasteiger partial charge in [-0.1, -0.05) is 5.11 Å². The smallest absolute Gasteiger partial charge is 0.333 e. The van der Waals surface area contributed by atoms with Gasteiger partial charge in [0, 0.05) is 24.2 Å². The number of azide groups is 1. The molecule has 22 heavy (non-hydrogen) atoms. The molecule has 1 aliphatic heterocycles. The number of nitrogens with zero attached hydrogens (tertiary/aromatic N) is 4. The van der Waals surface area contributed by atoms with Crippen molar-refractivity contribution in [3.05, 3.63) is 10.4 Å². The predicted molar refractivity (Wildman–Crippen MR) is 75.1 cm³/mol. The van der Waals surface area contributed by atoms with Crippen molar-refractivity contribution in [3.8, 4) is 0 Å². The lowest BCUT2D eigenvalue weighted by atomic mass is 10.1. The molecule has 0 aliphatic carbocycles. The molecule has 1 aliphatic rings. The normalized spacial score (nSPS) is 16.4. The minimum absolute atomic E-state index is 0.0485. The molecule has 1 rings (SSSR count). The summed E-state index contributed by atoms with van der Waals surface area (Å²) in [6.45, 7) is 5.75. The summed E-state index contributed by atoms with van der Waals surface area (Å²) in [5.41, 5.74) is 8.13. The van der Waals surface area contributed by atoms with Gasteiger partial charge in [0.1, 0.15) is 0 Å². The monoisotopic (exact) mass is 312 g/mol. The molecule has 0 aromatic rings. The number of hydroxylamine groups is 2. The van der Waals surface area contributed by atoms with Gasteiger partial charge in [0.2, 0.25) is 0 Å². The Balaban J connectivity index is 2.43. The number of hydrogen-bond acceptors (Lipinski definition) is 6. The maximum Gasteiger partial charge on any atom is 0.333 e. The Morgan fingerprint density at radius 3 is 2.45 bits per heavy atom. The third-order valence-electron chi connectivity index (χ3n) is 2.80. The molecule has 0 aromatic heterocycles. The molecule has 1 saturated heterocycles. The molecule has 0 unspecified atom stereocenters. The summed E-state index contributed by atoms with van der Waals surface area (Å²) < 4.78 is 5.51. The lowest BCUT2D eigenvalue weighted by Crippen LogP contribution is -2.32. The quantitative estimate of drug-likeness (QED) is 0.307. The van der Waals surface area contributed by atoms with Gasteiger partial charge in [0.15, 0.2) is 0 Å². The molecule has 1 fully saturated rings. The highest BCUT2D eigenvalue weighted by atomic mass is 16.7. The Morgan fingerprint density at radius 1 is 1.36 bits per heavy atom. The first-order chi connectivity index (χ1) is 10.2. The molecule has 1 atom stereocenters. The second-order valence-electron chi connectivity index (χ2n) is 5.87. The Hall–Kier alpha value is -2.12. The Labute approximate surface area is 128 Å². The molecule has 0 radical (unpaired) electrons. The van der Waals surface area contributed by atoms with Crippen LogP contribution >= 0.6 is 0 Å². The van der Waals surface area contributed by atoms with Crippen LogP contribution in [0.15, 0.2) is 5.11 Å². The zero-order chi connectivity index (χ0) is 16.8. The largest absolute Gasteiger partial charge is 0.375 e. The van der Waals surface area contributed by atoms with E-state index in [1.165, 1.54) is 0 Å². The summed E-state index contributed by atoms with van der Waals surface area (Å²) in [4.78, 5) is 41.7. The number of ether oxygens (including phenoxy) is 1. The van der Waals surface area contributed by atoms with Gasteiger partial charge >= 0.3 is 5.97 Å². The van der Waals surface area contributed by atoms with Crippen molar-refractivity contribution in [2.75, 3.05) is 6.61 Å². The van der Waals surface area contributed by atoms with Crippen LogP contribution in [0.25, 0.3) is 10.4 Å². The van der Waals surface area contributed by atoms with E-state index < -0.39 is 29.4 Å². The minimum Gasteiger partial charge on any atom is -0.375 e. The highest BCUT2D eigenvalue weighted by Gasteiger charge is 2.32. The lowest BCUT2D eigenvalue weighted by Gasteiger charge is -2.22. The van der Waals surface area contributed by atoms with Gasteiger partial charge in [-0.05, 0) is 32.7 Å². The molecule has 9 heteroatoms. The number of carbonyl (C=O) groups excluding carboxylic acids is 3. The molecule has 0 spiro atoms. The van der Waals surface area contributed by atoms with Crippen LogP contribution in [0.5, 0.6) is 0 Å². The summed E-state index contributed by atoms with van der Waals surface area (Å²) >= 11 is 0. The fourth-order valence-electron chi connectivity index (χ4n) is 1.68. The molecule has 0 bridgehead atoms. The van der Waals surface area contributed by atoms with Crippen LogP contribution in [0.3, 0.4) is 0 Å². The lowest BCUT2D eigenvalue weighted by molar-refractivity contribution is -0.197. The third-order valence-corrected chi connectivity index (χ3v) is 2.80. The predicted octanol–water partition coefficient (Wildman–Crippen LogP) is 1.87. The van der Waals surface area contributed by atoms with Crippen LogP contribution in [-0.4, -0.2) is 41.1 Å². The van der Waals surface area contributed by atoms with Crippen LogP contribution < -0.4 is 0 Å². The fraction of sp³-hybridized carbons (Fsp3) is 0.769. The molecule has 0 N–H and O–H groups in total. The van der Waals surface area contributed by atoms with Gasteiger partial charge in [0.05, 0.1) is 18.2 Å². The Kier molecular flexibility index (Phi) is 6.33. The van der Waals surface area contributed by atoms with Gasteiger partial charge < -0.3 is 9.57 Å². The van der Waals surface area contributed by atoms with Crippen molar-refractivity contribution in [2.45, 2.75) is 58.1 Å². The zero-order valence-electron chi connectivity index (χ0n) is 12.9. The topological polar surface area (TPSA) is 122 Å². The van der Waals surface area contributed by atoms with Gasteiger partial charge in [-0.15, -0.1) is 5.06 Å². The van der Waals surface area contributed by atoms with E-state index in [1.54, 1.807) is 0 Å². The Morgan fingerprint density at radius 2 is 1.95 bits per heavy atom. The SMILES string of the molecule is CC(C)(C)OC[C@@H](CCC(=O)ON1C(=O)CCC1=O)N=[N+]=[N-]. The summed E-state index contributed by atoms with van der Waals surface area (Å²) in [5.74, 6) is -1.78. The molecular formula is C13H20N4O5. The fourth-order valence-corrected chi connectivity index (χ4v) is 1.68. The van der Waals surface area contributed by atoms with E-state index in [0.717, 1.165) is 0 Å². The van der Waals surface area contributed by atoms with E-state index in [1.807, 2.05) is 20.8 Å². The minimum atomic E-state index is -0.725. The molecule has 2 amide bonds. The van der Waals surface area contributed by atoms with Gasteiger partial charge in [0.25, 0.3) is 11.8 Å². The highest BCUT2D eigenvalue weighted by molar-refractivity contribution is 6.01. The van der Waals surface area contributed by atoms with Gasteiger partial charge in [-0.3, -0.25) is 9.59 Å². The van der Waals surface area contributed by atoms with Crippen LogP contribution in [0.2, 0.25) is 0 Å². The molecule has 0 aromatic carbocycles. The summed E-state index contributed by atoms with van der Waals surface area (Å²) in [6.07, 6.45) is 0.212. The number of hydrogen-bond donors (Lipinski definition) is 0. The number of rotatable bonds is 7. The van der Waals surface area contributed by atoms with E-state index in [9.17, 15) is 14.4 Å². The van der Waals surface area contributed by atoms with Gasteiger partial charge in [-0.25, -0.2) is 4.79 Å². The molecular weight excluding hydrogens is 292 g/mol. The van der Waals surface area contributed by atoms with Crippen molar-refractivity contribution in [1.29, 1.82) is 0 Å². The van der Waals surface area contributed by atoms with Crippen molar-refractivity contribution in [3.63, 3.8) is 0 Å². The zero-order valence-corrected chi connectivity index (χ0v) is 12.9. The van der Waals surface area contributed by atoms with Crippen molar-refractivity contribution < 1.29 is 24.0 Å². The summed E-state index contributed by atoms with van der Waals surface area (Å²) in [5, 5.41) is 4.06. The first kappa shape index (κ1) is 17.9. The van der Waals surface area contributed by atoms with Gasteiger partial charge in [-0.2, -0.15) is 0 Å². The summed E-state index contributed by atoms with van der Waals surface area (Å²) in [7, 11) is 0. The Bertz CT molecular complexity index is 477. The molecule has 0 saturated carbocycles. The number of imide groups is 1. The van der Waals surface area contributed by atoms with E-state index >= 15 is 0 Å². The third kappa shape index (κ3) is 6.11. The summed E-state index contributed by atoms with van der Waals surface area (Å²) in [6, 6.07) is -0.526. The number of amides is 2. The van der Waals surface area contributed by atoms with E-state index in [0.29, 0.717) is 5.06 Å². The molecule has 122 valence electrons. The van der Waals surface area contributed by atoms with Crippen molar-refractivity contribution in [2.24, 2.45) is 5.11 Å². The standard InChI is InChI=1S/C13H20N4O5/c1-13(2,3)21-8-9(15-16-14)4-7-12(20)22-17-10(18)5-6-11(17)19/h9H,4-8H2,1-3H3/t9-/m1/s1. The maximum atomic E-state index is 11.7. The molecule has 1 heterocycles. The van der Waals surface area contributed by atoms with Crippen molar-refractivity contribution >= 4 is 17.8 Å². The maximum absolute atomic E-state index is 11.7. The average Bonchev–Trinajstić information content (AvgIpc) is 2.73. The second-order valence-corrected chi connectivity index (χ2v) is 5.87. The number of carbonyl (C=O) groups is 3. The van der Waals surface area contributed by atoms with E-state index in [4.69, 9.17) is 15.1 Å². The van der Waals surface area contributed by atoms with E-state index in [2.05, 4.69) is 10.0 Å². The average molecular weight is 312 g/mol.